The molecule has 0 amide bonds. The Bertz CT molecular complexity index is 287. The van der Waals surface area contributed by atoms with E-state index in [0.717, 1.165) is 29.1 Å². The normalized spacial score (nSPS) is 17.4. The van der Waals surface area contributed by atoms with Crippen LogP contribution < -0.4 is 0 Å². The monoisotopic (exact) mass is 194 g/mol. The van der Waals surface area contributed by atoms with Crippen LogP contribution in [0.1, 0.15) is 27.2 Å². The number of allylic oxidation sites excluding steroid dienone is 2. The zero-order valence-corrected chi connectivity index (χ0v) is 9.22. The molecule has 1 aliphatic rings. The van der Waals surface area contributed by atoms with Gasteiger partial charge in [-0.3, -0.25) is 0 Å². The maximum absolute atomic E-state index is 5.41. The third-order valence-corrected chi connectivity index (χ3v) is 2.50. The SMILES string of the molecule is C=C(C)C1=C(C(=C)C(C)CC)OCO1. The molecule has 1 rings (SSSR count). The topological polar surface area (TPSA) is 18.5 Å². The number of rotatable bonds is 4. The minimum absolute atomic E-state index is 0.285. The largest absolute Gasteiger partial charge is 0.453 e. The van der Waals surface area contributed by atoms with E-state index in [0.29, 0.717) is 5.92 Å². The van der Waals surface area contributed by atoms with Gasteiger partial charge in [-0.25, -0.2) is 0 Å². The molecule has 0 radical (unpaired) electrons. The first-order valence-electron chi connectivity index (χ1n) is 4.92. The highest BCUT2D eigenvalue weighted by atomic mass is 16.7. The average Bonchev–Trinajstić information content (AvgIpc) is 2.63. The Morgan fingerprint density at radius 3 is 2.43 bits per heavy atom. The molecular weight excluding hydrogens is 176 g/mol. The van der Waals surface area contributed by atoms with Gasteiger partial charge in [-0.1, -0.05) is 27.0 Å². The lowest BCUT2D eigenvalue weighted by molar-refractivity contribution is 0.0747. The van der Waals surface area contributed by atoms with E-state index in [9.17, 15) is 0 Å². The summed E-state index contributed by atoms with van der Waals surface area (Å²) in [5.74, 6) is 1.96. The summed E-state index contributed by atoms with van der Waals surface area (Å²) in [6, 6.07) is 0. The number of ether oxygens (including phenoxy) is 2. The van der Waals surface area contributed by atoms with Crippen molar-refractivity contribution in [2.24, 2.45) is 5.92 Å². The summed E-state index contributed by atoms with van der Waals surface area (Å²) in [6.45, 7) is 14.3. The Hall–Kier alpha value is -1.18. The first kappa shape index (κ1) is 10.9. The van der Waals surface area contributed by atoms with Gasteiger partial charge in [-0.15, -0.1) is 0 Å². The van der Waals surface area contributed by atoms with E-state index in [4.69, 9.17) is 9.47 Å². The molecule has 0 aliphatic carbocycles. The van der Waals surface area contributed by atoms with Crippen LogP contribution in [-0.2, 0) is 9.47 Å². The molecule has 0 bridgehead atoms. The van der Waals surface area contributed by atoms with Crippen LogP contribution in [0.15, 0.2) is 35.8 Å². The summed E-state index contributed by atoms with van der Waals surface area (Å²) >= 11 is 0. The van der Waals surface area contributed by atoms with E-state index >= 15 is 0 Å². The van der Waals surface area contributed by atoms with Gasteiger partial charge >= 0.3 is 0 Å². The Morgan fingerprint density at radius 2 is 1.93 bits per heavy atom. The third-order valence-electron chi connectivity index (χ3n) is 2.50. The Morgan fingerprint density at radius 1 is 1.36 bits per heavy atom. The van der Waals surface area contributed by atoms with E-state index in [1.165, 1.54) is 0 Å². The van der Waals surface area contributed by atoms with Crippen LogP contribution in [0.3, 0.4) is 0 Å². The van der Waals surface area contributed by atoms with Gasteiger partial charge in [-0.05, 0) is 30.4 Å². The molecule has 2 heteroatoms. The molecule has 0 aromatic rings. The van der Waals surface area contributed by atoms with Gasteiger partial charge in [0, 0.05) is 0 Å². The van der Waals surface area contributed by atoms with Crippen molar-refractivity contribution in [2.45, 2.75) is 27.2 Å². The second-order valence-corrected chi connectivity index (χ2v) is 3.68. The summed E-state index contributed by atoms with van der Waals surface area (Å²) < 4.78 is 10.7. The van der Waals surface area contributed by atoms with Gasteiger partial charge < -0.3 is 9.47 Å². The van der Waals surface area contributed by atoms with Crippen molar-refractivity contribution in [2.75, 3.05) is 6.79 Å². The fourth-order valence-corrected chi connectivity index (χ4v) is 1.30. The van der Waals surface area contributed by atoms with E-state index < -0.39 is 0 Å². The molecule has 0 saturated carbocycles. The highest BCUT2D eigenvalue weighted by molar-refractivity contribution is 5.37. The molecule has 0 aromatic carbocycles. The highest BCUT2D eigenvalue weighted by Crippen LogP contribution is 2.31. The predicted molar refractivity (Wildman–Crippen MR) is 57.5 cm³/mol. The molecule has 1 aliphatic heterocycles. The van der Waals surface area contributed by atoms with Crippen molar-refractivity contribution in [3.05, 3.63) is 35.8 Å². The Balaban J connectivity index is 2.90. The second-order valence-electron chi connectivity index (χ2n) is 3.68. The zero-order valence-electron chi connectivity index (χ0n) is 9.22. The lowest BCUT2D eigenvalue weighted by atomic mass is 9.97. The van der Waals surface area contributed by atoms with E-state index in [-0.39, 0.29) is 6.79 Å². The van der Waals surface area contributed by atoms with Gasteiger partial charge in [0.1, 0.15) is 0 Å². The van der Waals surface area contributed by atoms with Gasteiger partial charge in [0.2, 0.25) is 6.79 Å². The summed E-state index contributed by atoms with van der Waals surface area (Å²) in [5.41, 5.74) is 1.89. The lowest BCUT2D eigenvalue weighted by Gasteiger charge is -2.12. The van der Waals surface area contributed by atoms with Crippen molar-refractivity contribution in [3.8, 4) is 0 Å². The summed E-state index contributed by atoms with van der Waals surface area (Å²) in [5, 5.41) is 0. The van der Waals surface area contributed by atoms with Crippen molar-refractivity contribution in [1.82, 2.24) is 0 Å². The highest BCUT2D eigenvalue weighted by Gasteiger charge is 2.22. The summed E-state index contributed by atoms with van der Waals surface area (Å²) in [7, 11) is 0. The van der Waals surface area contributed by atoms with Gasteiger partial charge in [0.25, 0.3) is 0 Å². The summed E-state index contributed by atoms with van der Waals surface area (Å²) in [6.07, 6.45) is 1.05. The minimum atomic E-state index is 0.285. The van der Waals surface area contributed by atoms with Crippen LogP contribution in [0.2, 0.25) is 0 Å². The third kappa shape index (κ3) is 2.00. The van der Waals surface area contributed by atoms with Crippen molar-refractivity contribution < 1.29 is 9.47 Å². The van der Waals surface area contributed by atoms with Gasteiger partial charge in [0.15, 0.2) is 11.5 Å². The first-order chi connectivity index (χ1) is 6.57. The minimum Gasteiger partial charge on any atom is -0.453 e. The predicted octanol–water partition coefficient (Wildman–Crippen LogP) is 3.38. The van der Waals surface area contributed by atoms with Crippen molar-refractivity contribution >= 4 is 0 Å². The lowest BCUT2D eigenvalue weighted by Crippen LogP contribution is -2.01. The van der Waals surface area contributed by atoms with Crippen molar-refractivity contribution in [3.63, 3.8) is 0 Å². The van der Waals surface area contributed by atoms with Gasteiger partial charge in [-0.2, -0.15) is 0 Å². The molecule has 1 heterocycles. The molecule has 0 fully saturated rings. The fourth-order valence-electron chi connectivity index (χ4n) is 1.30. The van der Waals surface area contributed by atoms with Crippen LogP contribution in [0.25, 0.3) is 0 Å². The fraction of sp³-hybridized carbons (Fsp3) is 0.500. The standard InChI is InChI=1S/C12H18O2/c1-6-9(4)10(5)12-11(8(2)3)13-7-14-12/h9H,2,5-7H2,1,3-4H3. The van der Waals surface area contributed by atoms with Crippen LogP contribution in [0.5, 0.6) is 0 Å². The number of hydrogen-bond donors (Lipinski definition) is 0. The van der Waals surface area contributed by atoms with Crippen molar-refractivity contribution in [1.29, 1.82) is 0 Å². The first-order valence-corrected chi connectivity index (χ1v) is 4.92. The van der Waals surface area contributed by atoms with Crippen LogP contribution >= 0.6 is 0 Å². The van der Waals surface area contributed by atoms with E-state index in [1.807, 2.05) is 6.92 Å². The quantitative estimate of drug-likeness (QED) is 0.683. The second kappa shape index (κ2) is 4.36. The van der Waals surface area contributed by atoms with Crippen LogP contribution in [0, 0.1) is 5.92 Å². The van der Waals surface area contributed by atoms with Crippen LogP contribution in [-0.4, -0.2) is 6.79 Å². The van der Waals surface area contributed by atoms with E-state index in [1.54, 1.807) is 0 Å². The molecule has 14 heavy (non-hydrogen) atoms. The van der Waals surface area contributed by atoms with Gasteiger partial charge in [0.05, 0.1) is 0 Å². The average molecular weight is 194 g/mol. The number of hydrogen-bond acceptors (Lipinski definition) is 2. The maximum Gasteiger partial charge on any atom is 0.231 e. The maximum atomic E-state index is 5.41. The molecule has 0 aromatic heterocycles. The molecule has 0 saturated heterocycles. The Kier molecular flexibility index (Phi) is 3.39. The molecule has 1 atom stereocenters. The Labute approximate surface area is 85.9 Å². The zero-order chi connectivity index (χ0) is 10.7. The van der Waals surface area contributed by atoms with E-state index in [2.05, 4.69) is 27.0 Å². The van der Waals surface area contributed by atoms with Crippen LogP contribution in [0.4, 0.5) is 0 Å². The molecule has 0 N–H and O–H groups in total. The molecular formula is C12H18O2. The molecule has 2 nitrogen and oxygen atoms in total. The molecule has 0 spiro atoms. The summed E-state index contributed by atoms with van der Waals surface area (Å²) in [4.78, 5) is 0. The molecule has 78 valence electrons. The smallest absolute Gasteiger partial charge is 0.231 e. The molecule has 1 unspecified atom stereocenters.